The van der Waals surface area contributed by atoms with Gasteiger partial charge in [0.1, 0.15) is 5.01 Å². The maximum atomic E-state index is 8.97. The van der Waals surface area contributed by atoms with Crippen LogP contribution in [0.1, 0.15) is 18.1 Å². The summed E-state index contributed by atoms with van der Waals surface area (Å²) in [5.41, 5.74) is 5.04. The number of nitrogens with zero attached hydrogens (tertiary/aromatic N) is 2. The Labute approximate surface area is 128 Å². The molecule has 2 aromatic carbocycles. The Kier molecular flexibility index (Phi) is 3.81. The Hall–Kier alpha value is -2.44. The molecule has 0 spiro atoms. The van der Waals surface area contributed by atoms with Crippen LogP contribution in [0.2, 0.25) is 0 Å². The first-order chi connectivity index (χ1) is 10.3. The molecule has 0 radical (unpaired) electrons. The lowest BCUT2D eigenvalue weighted by Gasteiger charge is -1.99. The van der Waals surface area contributed by atoms with E-state index in [0.717, 1.165) is 28.2 Å². The molecule has 21 heavy (non-hydrogen) atoms. The van der Waals surface area contributed by atoms with E-state index in [4.69, 9.17) is 10.2 Å². The second-order valence-corrected chi connectivity index (χ2v) is 5.64. The zero-order valence-corrected chi connectivity index (χ0v) is 12.5. The second kappa shape index (κ2) is 5.90. The van der Waals surface area contributed by atoms with Crippen LogP contribution in [-0.2, 0) is 6.42 Å². The van der Waals surface area contributed by atoms with Gasteiger partial charge in [-0.2, -0.15) is 5.26 Å². The molecule has 3 heteroatoms. The van der Waals surface area contributed by atoms with E-state index < -0.39 is 0 Å². The summed E-state index contributed by atoms with van der Waals surface area (Å²) in [5.74, 6) is 0. The fourth-order valence-corrected chi connectivity index (χ4v) is 3.01. The molecule has 2 nitrogen and oxygen atoms in total. The van der Waals surface area contributed by atoms with Gasteiger partial charge in [0.05, 0.1) is 17.3 Å². The lowest BCUT2D eigenvalue weighted by molar-refractivity contribution is 1.14. The highest BCUT2D eigenvalue weighted by Crippen LogP contribution is 2.29. The first kappa shape index (κ1) is 13.5. The highest BCUT2D eigenvalue weighted by Gasteiger charge is 2.07. The van der Waals surface area contributed by atoms with Crippen molar-refractivity contribution in [3.05, 3.63) is 65.0 Å². The highest BCUT2D eigenvalue weighted by molar-refractivity contribution is 7.13. The van der Waals surface area contributed by atoms with Crippen LogP contribution in [0.5, 0.6) is 0 Å². The number of benzene rings is 2. The van der Waals surface area contributed by atoms with Crippen molar-refractivity contribution in [2.75, 3.05) is 0 Å². The fraction of sp³-hybridized carbons (Fsp3) is 0.111. The lowest BCUT2D eigenvalue weighted by Crippen LogP contribution is -1.83. The van der Waals surface area contributed by atoms with Crippen LogP contribution in [0.15, 0.2) is 53.9 Å². The maximum Gasteiger partial charge on any atom is 0.124 e. The number of hydrogen-bond acceptors (Lipinski definition) is 3. The molecule has 0 amide bonds. The summed E-state index contributed by atoms with van der Waals surface area (Å²) in [6.45, 7) is 2.15. The highest BCUT2D eigenvalue weighted by atomic mass is 32.1. The van der Waals surface area contributed by atoms with Crippen molar-refractivity contribution < 1.29 is 0 Å². The lowest BCUT2D eigenvalue weighted by atomic mass is 10.1. The largest absolute Gasteiger partial charge is 0.236 e. The summed E-state index contributed by atoms with van der Waals surface area (Å²) in [6, 6.07) is 18.2. The molecule has 0 aliphatic rings. The summed E-state index contributed by atoms with van der Waals surface area (Å²) in [6.07, 6.45) is 1.05. The molecule has 0 saturated heterocycles. The van der Waals surface area contributed by atoms with E-state index in [2.05, 4.69) is 37.3 Å². The molecule has 0 saturated carbocycles. The van der Waals surface area contributed by atoms with Crippen LogP contribution >= 0.6 is 11.3 Å². The summed E-state index contributed by atoms with van der Waals surface area (Å²) >= 11 is 1.63. The SMILES string of the molecule is CCc1ccc(-c2nc(-c3cccc(C#N)c3)cs2)cc1. The molecule has 102 valence electrons. The van der Waals surface area contributed by atoms with Gasteiger partial charge in [-0.25, -0.2) is 4.98 Å². The number of thiazole rings is 1. The Morgan fingerprint density at radius 3 is 2.62 bits per heavy atom. The van der Waals surface area contributed by atoms with Crippen molar-refractivity contribution in [1.29, 1.82) is 5.26 Å². The molecule has 0 bridgehead atoms. The minimum atomic E-state index is 0.661. The third kappa shape index (κ3) is 2.86. The summed E-state index contributed by atoms with van der Waals surface area (Å²) in [5, 5.41) is 12.0. The number of rotatable bonds is 3. The zero-order valence-electron chi connectivity index (χ0n) is 11.7. The van der Waals surface area contributed by atoms with E-state index in [1.54, 1.807) is 17.4 Å². The normalized spacial score (nSPS) is 10.3. The fourth-order valence-electron chi connectivity index (χ4n) is 2.17. The van der Waals surface area contributed by atoms with Crippen LogP contribution in [0.3, 0.4) is 0 Å². The zero-order chi connectivity index (χ0) is 14.7. The van der Waals surface area contributed by atoms with Gasteiger partial charge >= 0.3 is 0 Å². The predicted octanol–water partition coefficient (Wildman–Crippen LogP) is 4.91. The van der Waals surface area contributed by atoms with E-state index in [1.165, 1.54) is 5.56 Å². The van der Waals surface area contributed by atoms with Crippen LogP contribution < -0.4 is 0 Å². The third-order valence-corrected chi connectivity index (χ3v) is 4.29. The van der Waals surface area contributed by atoms with Crippen LogP contribution in [0.4, 0.5) is 0 Å². The number of aryl methyl sites for hydroxylation is 1. The molecule has 3 aromatic rings. The molecular weight excluding hydrogens is 276 g/mol. The van der Waals surface area contributed by atoms with Gasteiger partial charge in [0.15, 0.2) is 0 Å². The molecule has 0 fully saturated rings. The number of nitriles is 1. The average Bonchev–Trinajstić information content (AvgIpc) is 3.05. The Balaban J connectivity index is 1.93. The predicted molar refractivity (Wildman–Crippen MR) is 87.1 cm³/mol. The molecule has 1 aromatic heterocycles. The average molecular weight is 290 g/mol. The molecule has 1 heterocycles. The van der Waals surface area contributed by atoms with E-state index in [1.807, 2.05) is 23.6 Å². The van der Waals surface area contributed by atoms with E-state index >= 15 is 0 Å². The van der Waals surface area contributed by atoms with Crippen molar-refractivity contribution >= 4 is 11.3 Å². The molecular formula is C18H14N2S. The van der Waals surface area contributed by atoms with Crippen LogP contribution in [0.25, 0.3) is 21.8 Å². The molecule has 0 aliphatic carbocycles. The van der Waals surface area contributed by atoms with E-state index in [-0.39, 0.29) is 0 Å². The van der Waals surface area contributed by atoms with Crippen LogP contribution in [0, 0.1) is 11.3 Å². The third-order valence-electron chi connectivity index (χ3n) is 3.40. The summed E-state index contributed by atoms with van der Waals surface area (Å²) < 4.78 is 0. The quantitative estimate of drug-likeness (QED) is 0.687. The molecule has 0 aliphatic heterocycles. The molecule has 0 atom stereocenters. The molecule has 0 unspecified atom stereocenters. The molecule has 3 rings (SSSR count). The van der Waals surface area contributed by atoms with Crippen molar-refractivity contribution in [2.24, 2.45) is 0 Å². The monoisotopic (exact) mass is 290 g/mol. The smallest absolute Gasteiger partial charge is 0.124 e. The van der Waals surface area contributed by atoms with Gasteiger partial charge < -0.3 is 0 Å². The van der Waals surface area contributed by atoms with Gasteiger partial charge in [-0.3, -0.25) is 0 Å². The van der Waals surface area contributed by atoms with Crippen molar-refractivity contribution in [2.45, 2.75) is 13.3 Å². The van der Waals surface area contributed by atoms with Crippen molar-refractivity contribution in [3.63, 3.8) is 0 Å². The van der Waals surface area contributed by atoms with Gasteiger partial charge in [0.25, 0.3) is 0 Å². The van der Waals surface area contributed by atoms with Gasteiger partial charge in [0.2, 0.25) is 0 Å². The van der Waals surface area contributed by atoms with Crippen molar-refractivity contribution in [1.82, 2.24) is 4.98 Å². The van der Waals surface area contributed by atoms with Gasteiger partial charge in [-0.15, -0.1) is 11.3 Å². The summed E-state index contributed by atoms with van der Waals surface area (Å²) in [7, 11) is 0. The number of aromatic nitrogens is 1. The standard InChI is InChI=1S/C18H14N2S/c1-2-13-6-8-15(9-7-13)18-20-17(12-21-18)16-5-3-4-14(10-16)11-19/h3-10,12H,2H2,1H3. The summed E-state index contributed by atoms with van der Waals surface area (Å²) in [4.78, 5) is 4.69. The number of hydrogen-bond donors (Lipinski definition) is 0. The Morgan fingerprint density at radius 2 is 1.90 bits per heavy atom. The minimum Gasteiger partial charge on any atom is -0.236 e. The van der Waals surface area contributed by atoms with E-state index in [9.17, 15) is 0 Å². The van der Waals surface area contributed by atoms with Crippen LogP contribution in [-0.4, -0.2) is 4.98 Å². The minimum absolute atomic E-state index is 0.661. The Morgan fingerprint density at radius 1 is 1.10 bits per heavy atom. The van der Waals surface area contributed by atoms with E-state index in [0.29, 0.717) is 5.56 Å². The van der Waals surface area contributed by atoms with Gasteiger partial charge in [-0.05, 0) is 24.1 Å². The first-order valence-electron chi connectivity index (χ1n) is 6.85. The van der Waals surface area contributed by atoms with Gasteiger partial charge in [-0.1, -0.05) is 43.3 Å². The van der Waals surface area contributed by atoms with Crippen molar-refractivity contribution in [3.8, 4) is 27.9 Å². The second-order valence-electron chi connectivity index (χ2n) is 4.78. The first-order valence-corrected chi connectivity index (χ1v) is 7.73. The van der Waals surface area contributed by atoms with Gasteiger partial charge in [0, 0.05) is 16.5 Å². The molecule has 0 N–H and O–H groups in total. The Bertz CT molecular complexity index is 795. The maximum absolute atomic E-state index is 8.97. The topological polar surface area (TPSA) is 36.7 Å².